The molecule has 12 heteroatoms. The highest BCUT2D eigenvalue weighted by Gasteiger charge is 2.44. The van der Waals surface area contributed by atoms with Crippen LogP contribution in [-0.4, -0.2) is 64.9 Å². The Hall–Kier alpha value is -3.54. The number of nitrogens with one attached hydrogen (secondary N) is 2. The molecule has 0 unspecified atom stereocenters. The molecular weight excluding hydrogens is 444 g/mol. The van der Waals surface area contributed by atoms with E-state index in [-0.39, 0.29) is 18.8 Å². The number of ether oxygens (including phenoxy) is 1. The standard InChI is InChI=1S/C21H20F4N6O2/c1-11-5-15(22)16(29-20(32)31-3-4-33-17(10-31)21(23,24)25)7-14(11)12-6-13-9-28-19(26-2)30-18(13)27-8-12/h5-9,17H,3-4,10H2,1-2H3,(H,29,32)(H,26,27,28,30)/t17-/m0/s1. The Labute approximate surface area is 186 Å². The van der Waals surface area contributed by atoms with Crippen molar-refractivity contribution in [2.24, 2.45) is 0 Å². The number of aryl methyl sites for hydroxylation is 1. The topological polar surface area (TPSA) is 92.3 Å². The van der Waals surface area contributed by atoms with Crippen molar-refractivity contribution < 1.29 is 27.1 Å². The molecule has 1 aromatic carbocycles. The van der Waals surface area contributed by atoms with E-state index in [2.05, 4.69) is 25.6 Å². The van der Waals surface area contributed by atoms with Gasteiger partial charge in [-0.3, -0.25) is 0 Å². The van der Waals surface area contributed by atoms with Crippen LogP contribution in [0.4, 0.5) is 34.0 Å². The molecule has 0 saturated carbocycles. The van der Waals surface area contributed by atoms with E-state index in [0.29, 0.717) is 33.7 Å². The largest absolute Gasteiger partial charge is 0.416 e. The number of morpholine rings is 1. The summed E-state index contributed by atoms with van der Waals surface area (Å²) in [7, 11) is 1.69. The third-order valence-corrected chi connectivity index (χ3v) is 5.24. The zero-order valence-electron chi connectivity index (χ0n) is 17.7. The van der Waals surface area contributed by atoms with Gasteiger partial charge in [0.1, 0.15) is 5.82 Å². The maximum absolute atomic E-state index is 14.6. The van der Waals surface area contributed by atoms with E-state index in [0.717, 1.165) is 4.90 Å². The molecule has 2 aromatic heterocycles. The molecule has 2 N–H and O–H groups in total. The average molecular weight is 464 g/mol. The number of fused-ring (bicyclic) bond motifs is 1. The second-order valence-electron chi connectivity index (χ2n) is 7.50. The number of amides is 2. The second-order valence-corrected chi connectivity index (χ2v) is 7.50. The summed E-state index contributed by atoms with van der Waals surface area (Å²) in [6.07, 6.45) is -3.51. The minimum absolute atomic E-state index is 0.0397. The van der Waals surface area contributed by atoms with Gasteiger partial charge in [-0.05, 0) is 36.2 Å². The zero-order chi connectivity index (χ0) is 23.8. The van der Waals surface area contributed by atoms with E-state index in [1.165, 1.54) is 12.1 Å². The lowest BCUT2D eigenvalue weighted by Gasteiger charge is -2.33. The molecule has 174 valence electrons. The molecule has 4 rings (SSSR count). The number of hydrogen-bond donors (Lipinski definition) is 2. The predicted octanol–water partition coefficient (Wildman–Crippen LogP) is 3.98. The van der Waals surface area contributed by atoms with Gasteiger partial charge < -0.3 is 20.3 Å². The zero-order valence-corrected chi connectivity index (χ0v) is 17.7. The van der Waals surface area contributed by atoms with Crippen LogP contribution < -0.4 is 10.6 Å². The van der Waals surface area contributed by atoms with Crippen molar-refractivity contribution in [1.29, 1.82) is 0 Å². The van der Waals surface area contributed by atoms with E-state index >= 15 is 0 Å². The van der Waals surface area contributed by atoms with Gasteiger partial charge in [-0.25, -0.2) is 19.2 Å². The van der Waals surface area contributed by atoms with Gasteiger partial charge in [-0.2, -0.15) is 18.2 Å². The molecule has 33 heavy (non-hydrogen) atoms. The molecule has 1 aliphatic heterocycles. The molecule has 1 aliphatic rings. The number of alkyl halides is 3. The third kappa shape index (κ3) is 4.80. The molecule has 1 atom stereocenters. The molecular formula is C21H20F4N6O2. The summed E-state index contributed by atoms with van der Waals surface area (Å²) >= 11 is 0. The van der Waals surface area contributed by atoms with E-state index in [1.807, 2.05) is 0 Å². The van der Waals surface area contributed by atoms with Crippen LogP contribution in [0.1, 0.15) is 5.56 Å². The van der Waals surface area contributed by atoms with Crippen molar-refractivity contribution in [1.82, 2.24) is 19.9 Å². The fourth-order valence-corrected chi connectivity index (χ4v) is 3.50. The van der Waals surface area contributed by atoms with Gasteiger partial charge in [0.05, 0.1) is 18.8 Å². The fraction of sp³-hybridized carbons (Fsp3) is 0.333. The van der Waals surface area contributed by atoms with Crippen LogP contribution in [0, 0.1) is 12.7 Å². The molecule has 2 amide bonds. The quantitative estimate of drug-likeness (QED) is 0.570. The Balaban J connectivity index is 1.60. The minimum Gasteiger partial charge on any atom is -0.365 e. The number of aromatic nitrogens is 3. The second kappa shape index (κ2) is 8.77. The van der Waals surface area contributed by atoms with E-state index < -0.39 is 30.7 Å². The first-order valence-corrected chi connectivity index (χ1v) is 10.0. The highest BCUT2D eigenvalue weighted by molar-refractivity contribution is 5.91. The van der Waals surface area contributed by atoms with Gasteiger partial charge in [0.25, 0.3) is 0 Å². The molecule has 0 bridgehead atoms. The van der Waals surface area contributed by atoms with Crippen LogP contribution in [0.15, 0.2) is 30.6 Å². The summed E-state index contributed by atoms with van der Waals surface area (Å²) in [5.74, 6) is -0.289. The van der Waals surface area contributed by atoms with Crippen LogP contribution in [0.3, 0.4) is 0 Å². The average Bonchev–Trinajstić information content (AvgIpc) is 2.79. The van der Waals surface area contributed by atoms with Crippen LogP contribution in [0.2, 0.25) is 0 Å². The number of hydrogen-bond acceptors (Lipinski definition) is 6. The first-order chi connectivity index (χ1) is 15.7. The van der Waals surface area contributed by atoms with Crippen LogP contribution in [0.5, 0.6) is 0 Å². The Morgan fingerprint density at radius 2 is 2.00 bits per heavy atom. The molecule has 0 aliphatic carbocycles. The summed E-state index contributed by atoms with van der Waals surface area (Å²) in [5, 5.41) is 5.86. The normalized spacial score (nSPS) is 16.7. The molecule has 0 spiro atoms. The predicted molar refractivity (Wildman–Crippen MR) is 113 cm³/mol. The highest BCUT2D eigenvalue weighted by Crippen LogP contribution is 2.31. The summed E-state index contributed by atoms with van der Waals surface area (Å²) in [6, 6.07) is 3.61. The van der Waals surface area contributed by atoms with E-state index in [4.69, 9.17) is 4.74 Å². The Morgan fingerprint density at radius 1 is 1.21 bits per heavy atom. The molecule has 8 nitrogen and oxygen atoms in total. The van der Waals surface area contributed by atoms with Crippen molar-refractivity contribution in [2.75, 3.05) is 37.4 Å². The van der Waals surface area contributed by atoms with Crippen molar-refractivity contribution in [3.8, 4) is 11.1 Å². The fourth-order valence-electron chi connectivity index (χ4n) is 3.50. The van der Waals surface area contributed by atoms with Gasteiger partial charge in [0.15, 0.2) is 11.8 Å². The number of nitrogens with zero attached hydrogens (tertiary/aromatic N) is 4. The van der Waals surface area contributed by atoms with Gasteiger partial charge in [-0.1, -0.05) is 0 Å². The summed E-state index contributed by atoms with van der Waals surface area (Å²) < 4.78 is 58.1. The Bertz CT molecular complexity index is 1200. The maximum Gasteiger partial charge on any atom is 0.416 e. The third-order valence-electron chi connectivity index (χ3n) is 5.24. The molecule has 1 saturated heterocycles. The first-order valence-electron chi connectivity index (χ1n) is 10.0. The van der Waals surface area contributed by atoms with Crippen LogP contribution >= 0.6 is 0 Å². The maximum atomic E-state index is 14.6. The summed E-state index contributed by atoms with van der Waals surface area (Å²) in [6.45, 7) is 0.727. The van der Waals surface area contributed by atoms with Crippen LogP contribution in [0.25, 0.3) is 22.2 Å². The number of urea groups is 1. The Kier molecular flexibility index (Phi) is 6.02. The first kappa shape index (κ1) is 22.6. The van der Waals surface area contributed by atoms with Gasteiger partial charge in [0.2, 0.25) is 5.95 Å². The van der Waals surface area contributed by atoms with E-state index in [9.17, 15) is 22.4 Å². The number of benzene rings is 1. The van der Waals surface area contributed by atoms with Crippen molar-refractivity contribution in [3.05, 3.63) is 42.0 Å². The number of anilines is 2. The van der Waals surface area contributed by atoms with Crippen molar-refractivity contribution >= 4 is 28.7 Å². The van der Waals surface area contributed by atoms with Gasteiger partial charge >= 0.3 is 12.2 Å². The molecule has 1 fully saturated rings. The Morgan fingerprint density at radius 3 is 2.73 bits per heavy atom. The lowest BCUT2D eigenvalue weighted by atomic mass is 10.0. The molecule has 3 heterocycles. The van der Waals surface area contributed by atoms with Crippen molar-refractivity contribution in [3.63, 3.8) is 0 Å². The number of carbonyl (C=O) groups is 1. The highest BCUT2D eigenvalue weighted by atomic mass is 19.4. The van der Waals surface area contributed by atoms with Gasteiger partial charge in [0, 0.05) is 36.9 Å². The number of pyridine rings is 1. The molecule has 0 radical (unpaired) electrons. The summed E-state index contributed by atoms with van der Waals surface area (Å²) in [4.78, 5) is 26.2. The SMILES string of the molecule is CNc1ncc2cc(-c3cc(NC(=O)N4CCO[C@H](C(F)(F)F)C4)c(F)cc3C)cnc2n1. The molecule has 3 aromatic rings. The van der Waals surface area contributed by atoms with Crippen LogP contribution in [-0.2, 0) is 4.74 Å². The monoisotopic (exact) mass is 464 g/mol. The number of rotatable bonds is 3. The number of carbonyl (C=O) groups excluding carboxylic acids is 1. The smallest absolute Gasteiger partial charge is 0.365 e. The summed E-state index contributed by atoms with van der Waals surface area (Å²) in [5.41, 5.74) is 2.13. The van der Waals surface area contributed by atoms with Gasteiger partial charge in [-0.15, -0.1) is 0 Å². The minimum atomic E-state index is -4.60. The lowest BCUT2D eigenvalue weighted by molar-refractivity contribution is -0.233. The van der Waals surface area contributed by atoms with Crippen molar-refractivity contribution in [2.45, 2.75) is 19.2 Å². The lowest BCUT2D eigenvalue weighted by Crippen LogP contribution is -2.52. The van der Waals surface area contributed by atoms with E-state index in [1.54, 1.807) is 32.4 Å². The number of halogens is 4.